The van der Waals surface area contributed by atoms with Crippen molar-refractivity contribution in [3.05, 3.63) is 17.3 Å². The van der Waals surface area contributed by atoms with Gasteiger partial charge in [-0.05, 0) is 32.7 Å². The molecule has 3 unspecified atom stereocenters. The maximum atomic E-state index is 12.2. The molecule has 1 aliphatic rings. The Morgan fingerprint density at radius 3 is 2.63 bits per heavy atom. The normalized spacial score (nSPS) is 26.6. The van der Waals surface area contributed by atoms with E-state index in [4.69, 9.17) is 4.42 Å². The Balaban J connectivity index is 0.00000180. The second-order valence-electron chi connectivity index (χ2n) is 5.16. The maximum Gasteiger partial charge on any atom is 0.289 e. The van der Waals surface area contributed by atoms with Gasteiger partial charge < -0.3 is 15.1 Å². The fourth-order valence-corrected chi connectivity index (χ4v) is 2.56. The van der Waals surface area contributed by atoms with Crippen LogP contribution in [0.25, 0.3) is 0 Å². The minimum Gasteiger partial charge on any atom is -0.436 e. The van der Waals surface area contributed by atoms with Gasteiger partial charge in [-0.2, -0.15) is 0 Å². The number of aromatic nitrogens is 1. The van der Waals surface area contributed by atoms with Crippen molar-refractivity contribution in [2.75, 3.05) is 6.54 Å². The first kappa shape index (κ1) is 16.0. The number of aryl methyl sites for hydroxylation is 2. The Morgan fingerprint density at radius 2 is 2.11 bits per heavy atom. The molecule has 1 fully saturated rings. The van der Waals surface area contributed by atoms with E-state index in [-0.39, 0.29) is 30.4 Å². The number of carbonyl (C=O) groups is 1. The van der Waals surface area contributed by atoms with Crippen molar-refractivity contribution in [3.63, 3.8) is 0 Å². The van der Waals surface area contributed by atoms with E-state index >= 15 is 0 Å². The Hall–Kier alpha value is -1.07. The summed E-state index contributed by atoms with van der Waals surface area (Å²) >= 11 is 0. The van der Waals surface area contributed by atoms with E-state index < -0.39 is 0 Å². The summed E-state index contributed by atoms with van der Waals surface area (Å²) in [5.74, 6) is 1.16. The van der Waals surface area contributed by atoms with E-state index in [2.05, 4.69) is 29.5 Å². The van der Waals surface area contributed by atoms with Crippen molar-refractivity contribution < 1.29 is 9.21 Å². The average molecular weight is 288 g/mol. The number of carbonyl (C=O) groups excluding carboxylic acids is 1. The van der Waals surface area contributed by atoms with E-state index in [1.807, 2.05) is 0 Å². The molecule has 0 aromatic carbocycles. The van der Waals surface area contributed by atoms with Crippen LogP contribution >= 0.6 is 12.4 Å². The largest absolute Gasteiger partial charge is 0.436 e. The van der Waals surface area contributed by atoms with Gasteiger partial charge in [0.25, 0.3) is 5.91 Å². The molecule has 1 aliphatic heterocycles. The molecule has 0 aliphatic carbocycles. The number of hydrogen-bond donors (Lipinski definition) is 2. The summed E-state index contributed by atoms with van der Waals surface area (Å²) in [7, 11) is 0. The molecule has 3 atom stereocenters. The smallest absolute Gasteiger partial charge is 0.289 e. The van der Waals surface area contributed by atoms with Gasteiger partial charge in [0.15, 0.2) is 5.89 Å². The first-order valence-corrected chi connectivity index (χ1v) is 6.47. The first-order chi connectivity index (χ1) is 8.49. The molecule has 1 amide bonds. The number of halogens is 1. The number of nitrogens with one attached hydrogen (secondary N) is 2. The van der Waals surface area contributed by atoms with E-state index in [0.717, 1.165) is 13.0 Å². The van der Waals surface area contributed by atoms with E-state index in [1.54, 1.807) is 13.8 Å². The van der Waals surface area contributed by atoms with Gasteiger partial charge in [-0.3, -0.25) is 4.79 Å². The quantitative estimate of drug-likeness (QED) is 0.871. The van der Waals surface area contributed by atoms with E-state index in [1.165, 1.54) is 0 Å². The Morgan fingerprint density at radius 1 is 1.42 bits per heavy atom. The van der Waals surface area contributed by atoms with Crippen LogP contribution in [-0.4, -0.2) is 29.5 Å². The summed E-state index contributed by atoms with van der Waals surface area (Å²) in [6.45, 7) is 8.81. The van der Waals surface area contributed by atoms with Gasteiger partial charge in [0.2, 0.25) is 5.76 Å². The lowest BCUT2D eigenvalue weighted by molar-refractivity contribution is 0.0867. The number of oxazole rings is 1. The molecule has 0 saturated carbocycles. The van der Waals surface area contributed by atoms with Crippen LogP contribution in [0, 0.1) is 19.8 Å². The molecule has 2 heterocycles. The Kier molecular flexibility index (Phi) is 5.38. The molecule has 2 rings (SSSR count). The van der Waals surface area contributed by atoms with Crippen molar-refractivity contribution in [2.24, 2.45) is 5.92 Å². The first-order valence-electron chi connectivity index (χ1n) is 6.47. The molecule has 0 bridgehead atoms. The molecule has 108 valence electrons. The lowest BCUT2D eigenvalue weighted by Gasteiger charge is -2.35. The van der Waals surface area contributed by atoms with E-state index in [9.17, 15) is 4.79 Å². The van der Waals surface area contributed by atoms with Gasteiger partial charge in [0.1, 0.15) is 0 Å². The summed E-state index contributed by atoms with van der Waals surface area (Å²) in [6.07, 6.45) is 1.07. The van der Waals surface area contributed by atoms with Crippen LogP contribution in [0.4, 0.5) is 0 Å². The van der Waals surface area contributed by atoms with Gasteiger partial charge >= 0.3 is 0 Å². The van der Waals surface area contributed by atoms with Crippen LogP contribution in [0.3, 0.4) is 0 Å². The second-order valence-corrected chi connectivity index (χ2v) is 5.16. The second kappa shape index (κ2) is 6.39. The van der Waals surface area contributed by atoms with Gasteiger partial charge in [0.05, 0.1) is 5.69 Å². The lowest BCUT2D eigenvalue weighted by Crippen LogP contribution is -2.55. The molecule has 1 saturated heterocycles. The van der Waals surface area contributed by atoms with Gasteiger partial charge in [-0.1, -0.05) is 6.92 Å². The lowest BCUT2D eigenvalue weighted by atomic mass is 9.89. The highest BCUT2D eigenvalue weighted by Crippen LogP contribution is 2.17. The van der Waals surface area contributed by atoms with Crippen molar-refractivity contribution in [3.8, 4) is 0 Å². The zero-order valence-electron chi connectivity index (χ0n) is 11.8. The van der Waals surface area contributed by atoms with Crippen molar-refractivity contribution in [1.29, 1.82) is 0 Å². The minimum absolute atomic E-state index is 0. The average Bonchev–Trinajstić information content (AvgIpc) is 2.63. The van der Waals surface area contributed by atoms with Crippen LogP contribution in [0.2, 0.25) is 0 Å². The van der Waals surface area contributed by atoms with E-state index in [0.29, 0.717) is 23.3 Å². The third-order valence-corrected chi connectivity index (χ3v) is 3.63. The van der Waals surface area contributed by atoms with Gasteiger partial charge in [0, 0.05) is 19.0 Å². The minimum atomic E-state index is -0.166. The fourth-order valence-electron chi connectivity index (χ4n) is 2.56. The van der Waals surface area contributed by atoms with Gasteiger partial charge in [-0.25, -0.2) is 4.98 Å². The Labute approximate surface area is 120 Å². The number of piperidine rings is 1. The molecule has 6 heteroatoms. The summed E-state index contributed by atoms with van der Waals surface area (Å²) in [5, 5.41) is 6.43. The fraction of sp³-hybridized carbons (Fsp3) is 0.692. The summed E-state index contributed by atoms with van der Waals surface area (Å²) in [4.78, 5) is 16.3. The standard InChI is InChI=1S/C13H21N3O2.ClH/c1-7-5-6-14-8(2)11(7)16-13(17)12-9(3)15-10(4)18-12;/h7-8,11,14H,5-6H2,1-4H3,(H,16,17);1H. The highest BCUT2D eigenvalue weighted by Gasteiger charge is 2.30. The SMILES string of the molecule is Cc1nc(C)c(C(=O)NC2C(C)CCNC2C)o1.Cl. The van der Waals surface area contributed by atoms with Crippen LogP contribution in [0.15, 0.2) is 4.42 Å². The molecule has 5 nitrogen and oxygen atoms in total. The third-order valence-electron chi connectivity index (χ3n) is 3.63. The molecule has 1 aromatic rings. The van der Waals surface area contributed by atoms with Crippen LogP contribution < -0.4 is 10.6 Å². The number of hydrogen-bond acceptors (Lipinski definition) is 4. The molecule has 0 spiro atoms. The van der Waals surface area contributed by atoms with Crippen molar-refractivity contribution in [2.45, 2.75) is 46.2 Å². The maximum absolute atomic E-state index is 12.2. The van der Waals surface area contributed by atoms with Gasteiger partial charge in [-0.15, -0.1) is 12.4 Å². The summed E-state index contributed by atoms with van der Waals surface area (Å²) in [6, 6.07) is 0.415. The monoisotopic (exact) mass is 287 g/mol. The highest BCUT2D eigenvalue weighted by atomic mass is 35.5. The number of rotatable bonds is 2. The number of nitrogens with zero attached hydrogens (tertiary/aromatic N) is 1. The van der Waals surface area contributed by atoms with Crippen molar-refractivity contribution in [1.82, 2.24) is 15.6 Å². The van der Waals surface area contributed by atoms with Crippen LogP contribution in [0.1, 0.15) is 42.4 Å². The zero-order valence-corrected chi connectivity index (χ0v) is 12.6. The molecule has 19 heavy (non-hydrogen) atoms. The topological polar surface area (TPSA) is 67.2 Å². The van der Waals surface area contributed by atoms with Crippen LogP contribution in [-0.2, 0) is 0 Å². The summed E-state index contributed by atoms with van der Waals surface area (Å²) < 4.78 is 5.34. The Bertz CT molecular complexity index is 437. The van der Waals surface area contributed by atoms with Crippen LogP contribution in [0.5, 0.6) is 0 Å². The zero-order chi connectivity index (χ0) is 13.3. The third kappa shape index (κ3) is 3.48. The molecular weight excluding hydrogens is 266 g/mol. The molecule has 2 N–H and O–H groups in total. The molecule has 0 radical (unpaired) electrons. The van der Waals surface area contributed by atoms with Crippen molar-refractivity contribution >= 4 is 18.3 Å². The molecular formula is C13H22ClN3O2. The predicted octanol–water partition coefficient (Wildman–Crippen LogP) is 1.83. The summed E-state index contributed by atoms with van der Waals surface area (Å²) in [5.41, 5.74) is 0.647. The number of amides is 1. The predicted molar refractivity (Wildman–Crippen MR) is 75.7 cm³/mol. The highest BCUT2D eigenvalue weighted by molar-refractivity contribution is 5.92. The molecule has 1 aromatic heterocycles.